The van der Waals surface area contributed by atoms with Crippen LogP contribution in [0.4, 0.5) is 0 Å². The predicted octanol–water partition coefficient (Wildman–Crippen LogP) is 1.69. The summed E-state index contributed by atoms with van der Waals surface area (Å²) in [6, 6.07) is 0. The summed E-state index contributed by atoms with van der Waals surface area (Å²) in [6.45, 7) is 2.28. The maximum atomic E-state index is 10.2. The van der Waals surface area contributed by atoms with Crippen molar-refractivity contribution in [2.24, 2.45) is 0 Å². The van der Waals surface area contributed by atoms with Crippen molar-refractivity contribution in [1.82, 2.24) is 0 Å². The summed E-state index contributed by atoms with van der Waals surface area (Å²) in [7, 11) is -1.86. The lowest BCUT2D eigenvalue weighted by molar-refractivity contribution is 0.353. The van der Waals surface area contributed by atoms with Crippen molar-refractivity contribution in [3.05, 3.63) is 0 Å². The zero-order valence-electron chi connectivity index (χ0n) is 4.11. The van der Waals surface area contributed by atoms with Crippen LogP contribution in [0.15, 0.2) is 0 Å². The summed E-state index contributed by atoms with van der Waals surface area (Å²) in [5.41, 5.74) is 0.137. The molecule has 7 heavy (non-hydrogen) atoms. The van der Waals surface area contributed by atoms with Gasteiger partial charge in [-0.25, -0.2) is 0 Å². The summed E-state index contributed by atoms with van der Waals surface area (Å²) in [6.07, 6.45) is 0. The van der Waals surface area contributed by atoms with Gasteiger partial charge < -0.3 is 4.52 Å². The lowest BCUT2D eigenvalue weighted by atomic mass is 10.9. The zero-order chi connectivity index (χ0) is 5.70. The summed E-state index contributed by atoms with van der Waals surface area (Å²) in [4.78, 5) is 0. The Morgan fingerprint density at radius 3 is 2.57 bits per heavy atom. The quantitative estimate of drug-likeness (QED) is 0.443. The Labute approximate surface area is 48.7 Å². The SMILES string of the molecule is CCO[PH](=O)CCl. The maximum Gasteiger partial charge on any atom is 0.205 e. The largest absolute Gasteiger partial charge is 0.330 e. The first-order valence-electron chi connectivity index (χ1n) is 2.02. The summed E-state index contributed by atoms with van der Waals surface area (Å²) in [5, 5.41) is 0. The van der Waals surface area contributed by atoms with E-state index >= 15 is 0 Å². The Kier molecular flexibility index (Phi) is 4.95. The molecule has 0 N–H and O–H groups in total. The van der Waals surface area contributed by atoms with E-state index < -0.39 is 8.03 Å². The van der Waals surface area contributed by atoms with Crippen molar-refractivity contribution < 1.29 is 9.09 Å². The van der Waals surface area contributed by atoms with Crippen LogP contribution in [0.1, 0.15) is 6.92 Å². The lowest BCUT2D eigenvalue weighted by Gasteiger charge is -1.91. The number of hydrogen-bond donors (Lipinski definition) is 0. The van der Waals surface area contributed by atoms with Crippen LogP contribution in [0.2, 0.25) is 0 Å². The fourth-order valence-electron chi connectivity index (χ4n) is 0.200. The molecule has 1 atom stereocenters. The molecule has 0 saturated heterocycles. The monoisotopic (exact) mass is 142 g/mol. The molecule has 0 fully saturated rings. The molecule has 0 aliphatic heterocycles. The molecular weight excluding hydrogens is 134 g/mol. The van der Waals surface area contributed by atoms with Gasteiger partial charge >= 0.3 is 0 Å². The van der Waals surface area contributed by atoms with Gasteiger partial charge in [0.1, 0.15) is 0 Å². The van der Waals surface area contributed by atoms with Crippen molar-refractivity contribution in [2.75, 3.05) is 12.2 Å². The van der Waals surface area contributed by atoms with E-state index in [9.17, 15) is 4.57 Å². The normalized spacial score (nSPS) is 14.0. The zero-order valence-corrected chi connectivity index (χ0v) is 5.86. The minimum Gasteiger partial charge on any atom is -0.330 e. The third kappa shape index (κ3) is 4.33. The van der Waals surface area contributed by atoms with Gasteiger partial charge in [-0.1, -0.05) is 0 Å². The van der Waals surface area contributed by atoms with Gasteiger partial charge in [0.25, 0.3) is 0 Å². The van der Waals surface area contributed by atoms with Gasteiger partial charge in [0.2, 0.25) is 8.03 Å². The van der Waals surface area contributed by atoms with E-state index in [4.69, 9.17) is 11.6 Å². The first-order valence-corrected chi connectivity index (χ1v) is 4.08. The molecule has 2 nitrogen and oxygen atoms in total. The van der Waals surface area contributed by atoms with Crippen molar-refractivity contribution in [2.45, 2.75) is 6.92 Å². The van der Waals surface area contributed by atoms with E-state index in [1.807, 2.05) is 0 Å². The first kappa shape index (κ1) is 7.48. The fourth-order valence-corrected chi connectivity index (χ4v) is 0.830. The molecule has 0 saturated carbocycles. The van der Waals surface area contributed by atoms with Crippen molar-refractivity contribution in [3.63, 3.8) is 0 Å². The maximum absolute atomic E-state index is 10.2. The van der Waals surface area contributed by atoms with E-state index in [1.54, 1.807) is 6.92 Å². The van der Waals surface area contributed by atoms with Gasteiger partial charge in [0, 0.05) is 0 Å². The number of alkyl halides is 1. The second kappa shape index (κ2) is 4.63. The topological polar surface area (TPSA) is 26.3 Å². The van der Waals surface area contributed by atoms with Crippen LogP contribution in [0.25, 0.3) is 0 Å². The second-order valence-electron chi connectivity index (χ2n) is 0.939. The molecule has 0 aromatic carbocycles. The summed E-state index contributed by atoms with van der Waals surface area (Å²) in [5.74, 6) is 0. The van der Waals surface area contributed by atoms with Crippen LogP contribution in [0, 0.1) is 0 Å². The van der Waals surface area contributed by atoms with Crippen LogP contribution in [-0.2, 0) is 9.09 Å². The highest BCUT2D eigenvalue weighted by Crippen LogP contribution is 2.21. The van der Waals surface area contributed by atoms with E-state index in [1.165, 1.54) is 0 Å². The predicted molar refractivity (Wildman–Crippen MR) is 31.3 cm³/mol. The molecule has 0 aromatic rings. The van der Waals surface area contributed by atoms with Crippen LogP contribution in [-0.4, -0.2) is 12.2 Å². The molecule has 0 spiro atoms. The summed E-state index contributed by atoms with van der Waals surface area (Å²) >= 11 is 5.14. The van der Waals surface area contributed by atoms with Crippen LogP contribution in [0.3, 0.4) is 0 Å². The lowest BCUT2D eigenvalue weighted by Crippen LogP contribution is -1.75. The van der Waals surface area contributed by atoms with Gasteiger partial charge in [-0.3, -0.25) is 4.57 Å². The van der Waals surface area contributed by atoms with Crippen LogP contribution < -0.4 is 0 Å². The molecule has 0 aromatic heterocycles. The molecule has 0 aliphatic carbocycles. The van der Waals surface area contributed by atoms with Crippen LogP contribution >= 0.6 is 19.6 Å². The van der Waals surface area contributed by atoms with E-state index in [2.05, 4.69) is 4.52 Å². The molecule has 0 bridgehead atoms. The molecule has 0 aliphatic rings. The Balaban J connectivity index is 3.00. The number of rotatable bonds is 3. The highest BCUT2D eigenvalue weighted by atomic mass is 35.5. The van der Waals surface area contributed by atoms with Gasteiger partial charge in [-0.15, -0.1) is 11.6 Å². The second-order valence-corrected chi connectivity index (χ2v) is 3.04. The van der Waals surface area contributed by atoms with E-state index in [0.717, 1.165) is 0 Å². The van der Waals surface area contributed by atoms with Gasteiger partial charge in [0.15, 0.2) is 0 Å². The standard InChI is InChI=1S/C3H8ClO2P/c1-2-6-7(5)3-4/h7H,2-3H2,1H3. The third-order valence-corrected chi connectivity index (χ3v) is 1.90. The molecule has 4 heteroatoms. The van der Waals surface area contributed by atoms with Crippen LogP contribution in [0.5, 0.6) is 0 Å². The fraction of sp³-hybridized carbons (Fsp3) is 1.00. The summed E-state index contributed by atoms with van der Waals surface area (Å²) < 4.78 is 14.8. The average molecular weight is 143 g/mol. The molecule has 44 valence electrons. The molecule has 0 amide bonds. The smallest absolute Gasteiger partial charge is 0.205 e. The van der Waals surface area contributed by atoms with Crippen molar-refractivity contribution >= 4 is 19.6 Å². The third-order valence-electron chi connectivity index (χ3n) is 0.414. The Morgan fingerprint density at radius 2 is 2.43 bits per heavy atom. The average Bonchev–Trinajstić information content (AvgIpc) is 1.68. The molecule has 0 rings (SSSR count). The number of hydrogen-bond acceptors (Lipinski definition) is 2. The van der Waals surface area contributed by atoms with Crippen molar-refractivity contribution in [1.29, 1.82) is 0 Å². The van der Waals surface area contributed by atoms with Gasteiger partial charge in [-0.2, -0.15) is 0 Å². The highest BCUT2D eigenvalue weighted by molar-refractivity contribution is 7.41. The van der Waals surface area contributed by atoms with E-state index in [0.29, 0.717) is 6.61 Å². The van der Waals surface area contributed by atoms with Gasteiger partial charge in [0.05, 0.1) is 12.2 Å². The Hall–Kier alpha value is 0.480. The molecular formula is C3H8ClO2P. The molecule has 0 radical (unpaired) electrons. The Bertz CT molecular complexity index is 66.0. The minimum atomic E-state index is -1.86. The molecule has 1 unspecified atom stereocenters. The minimum absolute atomic E-state index is 0.137. The number of halogens is 1. The van der Waals surface area contributed by atoms with Gasteiger partial charge in [-0.05, 0) is 6.92 Å². The first-order chi connectivity index (χ1) is 3.31. The highest BCUT2D eigenvalue weighted by Gasteiger charge is 1.89. The van der Waals surface area contributed by atoms with Crippen molar-refractivity contribution in [3.8, 4) is 0 Å². The molecule has 0 heterocycles. The Morgan fingerprint density at radius 1 is 1.86 bits per heavy atom. The van der Waals surface area contributed by atoms with E-state index in [-0.39, 0.29) is 5.62 Å².